The topological polar surface area (TPSA) is 41.5 Å². The van der Waals surface area contributed by atoms with E-state index in [-0.39, 0.29) is 6.10 Å². The molecule has 3 rings (SSSR count). The molecule has 1 aromatic rings. The molecule has 2 saturated heterocycles. The number of rotatable bonds is 3. The third-order valence-corrected chi connectivity index (χ3v) is 4.75. The predicted octanol–water partition coefficient (Wildman–Crippen LogP) is 1.64. The number of likely N-dealkylation sites (tertiary alicyclic amines) is 1. The Balaban J connectivity index is 1.59. The molecule has 0 unspecified atom stereocenters. The number of ether oxygens (including phenoxy) is 1. The Hall–Kier alpha value is -1.04. The lowest BCUT2D eigenvalue weighted by Crippen LogP contribution is -2.49. The summed E-state index contributed by atoms with van der Waals surface area (Å²) >= 11 is 0. The van der Waals surface area contributed by atoms with Crippen LogP contribution < -0.4 is 0 Å². The average Bonchev–Trinajstić information content (AvgIpc) is 2.56. The van der Waals surface area contributed by atoms with Gasteiger partial charge in [-0.2, -0.15) is 0 Å². The van der Waals surface area contributed by atoms with Crippen LogP contribution in [0.3, 0.4) is 0 Å². The van der Waals surface area contributed by atoms with Crippen molar-refractivity contribution in [3.8, 4) is 0 Å². The lowest BCUT2D eigenvalue weighted by atomic mass is 10.0. The molecule has 1 aromatic heterocycles. The summed E-state index contributed by atoms with van der Waals surface area (Å²) in [5, 5.41) is 0. The van der Waals surface area contributed by atoms with Crippen molar-refractivity contribution in [1.29, 1.82) is 0 Å². The van der Waals surface area contributed by atoms with Crippen LogP contribution in [0, 0.1) is 6.92 Å². The smallest absolute Gasteiger partial charge is 0.114 e. The number of morpholine rings is 1. The van der Waals surface area contributed by atoms with E-state index in [9.17, 15) is 0 Å². The van der Waals surface area contributed by atoms with E-state index in [0.29, 0.717) is 6.04 Å². The van der Waals surface area contributed by atoms with Gasteiger partial charge in [-0.3, -0.25) is 14.9 Å². The van der Waals surface area contributed by atoms with Gasteiger partial charge in [0.15, 0.2) is 0 Å². The van der Waals surface area contributed by atoms with Gasteiger partial charge in [0.25, 0.3) is 0 Å². The van der Waals surface area contributed by atoms with E-state index in [1.165, 1.54) is 32.5 Å². The fraction of sp³-hybridized carbons (Fsp3) is 0.750. The third kappa shape index (κ3) is 3.59. The van der Waals surface area contributed by atoms with Crippen molar-refractivity contribution < 1.29 is 4.74 Å². The van der Waals surface area contributed by atoms with Crippen molar-refractivity contribution in [2.45, 2.75) is 38.8 Å². The average molecular weight is 290 g/mol. The van der Waals surface area contributed by atoms with Crippen LogP contribution in [0.4, 0.5) is 0 Å². The van der Waals surface area contributed by atoms with Crippen LogP contribution in [0.1, 0.15) is 37.3 Å². The summed E-state index contributed by atoms with van der Waals surface area (Å²) in [7, 11) is 0. The lowest BCUT2D eigenvalue weighted by Gasteiger charge is -2.41. The molecule has 5 nitrogen and oxygen atoms in total. The van der Waals surface area contributed by atoms with E-state index in [0.717, 1.165) is 31.1 Å². The van der Waals surface area contributed by atoms with Crippen molar-refractivity contribution in [2.75, 3.05) is 39.3 Å². The molecule has 0 aliphatic carbocycles. The first-order valence-electron chi connectivity index (χ1n) is 8.13. The lowest BCUT2D eigenvalue weighted by molar-refractivity contribution is -0.0552. The van der Waals surface area contributed by atoms with E-state index in [2.05, 4.69) is 26.7 Å². The predicted molar refractivity (Wildman–Crippen MR) is 82.2 cm³/mol. The summed E-state index contributed by atoms with van der Waals surface area (Å²) in [6, 6.07) is 0.706. The van der Waals surface area contributed by atoms with Crippen molar-refractivity contribution in [2.24, 2.45) is 0 Å². The number of aryl methyl sites for hydroxylation is 1. The second kappa shape index (κ2) is 6.81. The highest BCUT2D eigenvalue weighted by atomic mass is 16.5. The molecule has 0 radical (unpaired) electrons. The van der Waals surface area contributed by atoms with Crippen LogP contribution in [-0.2, 0) is 4.74 Å². The zero-order valence-corrected chi connectivity index (χ0v) is 13.2. The summed E-state index contributed by atoms with van der Waals surface area (Å²) < 4.78 is 5.91. The molecule has 0 saturated carbocycles. The molecule has 0 amide bonds. The Morgan fingerprint density at radius 2 is 2.00 bits per heavy atom. The fourth-order valence-corrected chi connectivity index (χ4v) is 3.35. The molecule has 0 N–H and O–H groups in total. The minimum absolute atomic E-state index is 0.0797. The van der Waals surface area contributed by atoms with Gasteiger partial charge in [0.05, 0.1) is 24.2 Å². The second-order valence-electron chi connectivity index (χ2n) is 6.10. The molecule has 116 valence electrons. The molecular formula is C16H26N4O. The molecule has 0 aromatic carbocycles. The summed E-state index contributed by atoms with van der Waals surface area (Å²) in [6.07, 6.45) is 6.33. The molecule has 21 heavy (non-hydrogen) atoms. The summed E-state index contributed by atoms with van der Waals surface area (Å²) in [6.45, 7) is 10.7. The maximum Gasteiger partial charge on any atom is 0.114 e. The van der Waals surface area contributed by atoms with Crippen molar-refractivity contribution in [3.63, 3.8) is 0 Å². The number of piperidine rings is 1. The van der Waals surface area contributed by atoms with Gasteiger partial charge in [0.2, 0.25) is 0 Å². The van der Waals surface area contributed by atoms with Gasteiger partial charge in [-0.15, -0.1) is 0 Å². The van der Waals surface area contributed by atoms with Gasteiger partial charge in [-0.05, 0) is 39.4 Å². The van der Waals surface area contributed by atoms with Gasteiger partial charge in [-0.25, -0.2) is 0 Å². The Morgan fingerprint density at radius 1 is 1.19 bits per heavy atom. The van der Waals surface area contributed by atoms with Gasteiger partial charge >= 0.3 is 0 Å². The van der Waals surface area contributed by atoms with Gasteiger partial charge < -0.3 is 9.64 Å². The van der Waals surface area contributed by atoms with E-state index in [4.69, 9.17) is 4.74 Å². The molecule has 2 fully saturated rings. The van der Waals surface area contributed by atoms with Crippen molar-refractivity contribution in [1.82, 2.24) is 19.8 Å². The van der Waals surface area contributed by atoms with Crippen molar-refractivity contribution >= 4 is 0 Å². The molecule has 0 bridgehead atoms. The highest BCUT2D eigenvalue weighted by molar-refractivity contribution is 5.05. The number of aromatic nitrogens is 2. The number of hydrogen-bond donors (Lipinski definition) is 0. The quantitative estimate of drug-likeness (QED) is 0.846. The van der Waals surface area contributed by atoms with Gasteiger partial charge in [-0.1, -0.05) is 6.92 Å². The van der Waals surface area contributed by atoms with E-state index < -0.39 is 0 Å². The molecule has 2 aliphatic rings. The van der Waals surface area contributed by atoms with Crippen LogP contribution in [0.2, 0.25) is 0 Å². The molecule has 2 aliphatic heterocycles. The van der Waals surface area contributed by atoms with Crippen LogP contribution >= 0.6 is 0 Å². The molecular weight excluding hydrogens is 264 g/mol. The Kier molecular flexibility index (Phi) is 4.83. The molecule has 5 heteroatoms. The monoisotopic (exact) mass is 290 g/mol. The Labute approximate surface area is 127 Å². The van der Waals surface area contributed by atoms with Crippen LogP contribution in [0.5, 0.6) is 0 Å². The van der Waals surface area contributed by atoms with E-state index >= 15 is 0 Å². The minimum atomic E-state index is 0.0797. The first kappa shape index (κ1) is 14.9. The maximum absolute atomic E-state index is 5.91. The fourth-order valence-electron chi connectivity index (χ4n) is 3.35. The standard InChI is InChI=1S/C16H26N4O/c1-3-19-6-4-14(5-7-19)20-8-9-21-16(12-20)15-11-17-13(2)10-18-15/h10-11,14,16H,3-9,12H2,1-2H3/t16-/m1/s1. The highest BCUT2D eigenvalue weighted by Gasteiger charge is 2.30. The first-order chi connectivity index (χ1) is 10.3. The number of hydrogen-bond acceptors (Lipinski definition) is 5. The van der Waals surface area contributed by atoms with E-state index in [1.54, 1.807) is 0 Å². The van der Waals surface area contributed by atoms with Gasteiger partial charge in [0, 0.05) is 25.3 Å². The zero-order chi connectivity index (χ0) is 14.7. The number of nitrogens with zero attached hydrogens (tertiary/aromatic N) is 4. The van der Waals surface area contributed by atoms with Gasteiger partial charge in [0.1, 0.15) is 6.10 Å². The Morgan fingerprint density at radius 3 is 2.67 bits per heavy atom. The van der Waals surface area contributed by atoms with Crippen LogP contribution in [0.25, 0.3) is 0 Å². The molecule has 0 spiro atoms. The minimum Gasteiger partial charge on any atom is -0.369 e. The van der Waals surface area contributed by atoms with Crippen LogP contribution in [-0.4, -0.2) is 65.1 Å². The van der Waals surface area contributed by atoms with E-state index in [1.807, 2.05) is 19.3 Å². The maximum atomic E-state index is 5.91. The zero-order valence-electron chi connectivity index (χ0n) is 13.2. The second-order valence-corrected chi connectivity index (χ2v) is 6.10. The van der Waals surface area contributed by atoms with Crippen LogP contribution in [0.15, 0.2) is 12.4 Å². The largest absolute Gasteiger partial charge is 0.369 e. The SMILES string of the molecule is CCN1CCC(N2CCO[C@@H](c3cnc(C)cn3)C2)CC1. The molecule has 1 atom stereocenters. The molecule has 3 heterocycles. The first-order valence-corrected chi connectivity index (χ1v) is 8.13. The summed E-state index contributed by atoms with van der Waals surface area (Å²) in [5.41, 5.74) is 1.93. The normalized spacial score (nSPS) is 26.1. The summed E-state index contributed by atoms with van der Waals surface area (Å²) in [5.74, 6) is 0. The Bertz CT molecular complexity index is 442. The summed E-state index contributed by atoms with van der Waals surface area (Å²) in [4.78, 5) is 14.0. The third-order valence-electron chi connectivity index (χ3n) is 4.75. The highest BCUT2D eigenvalue weighted by Crippen LogP contribution is 2.25. The van der Waals surface area contributed by atoms with Crippen molar-refractivity contribution in [3.05, 3.63) is 23.8 Å².